The van der Waals surface area contributed by atoms with Crippen LogP contribution in [0.15, 0.2) is 42.6 Å². The summed E-state index contributed by atoms with van der Waals surface area (Å²) in [5.74, 6) is -0.414. The number of ether oxygens (including phenoxy) is 1. The number of hydrogen-bond acceptors (Lipinski definition) is 4. The molecule has 21 heavy (non-hydrogen) atoms. The van der Waals surface area contributed by atoms with Gasteiger partial charge in [0.05, 0.1) is 13.2 Å². The lowest BCUT2D eigenvalue weighted by atomic mass is 9.87. The molecule has 108 valence electrons. The zero-order valence-corrected chi connectivity index (χ0v) is 12.0. The first-order valence-electron chi connectivity index (χ1n) is 7.16. The van der Waals surface area contributed by atoms with Crippen LogP contribution in [0.1, 0.15) is 40.5 Å². The van der Waals surface area contributed by atoms with E-state index >= 15 is 0 Å². The second-order valence-corrected chi connectivity index (χ2v) is 5.21. The number of esters is 1. The Morgan fingerprint density at radius 2 is 2.19 bits per heavy atom. The highest BCUT2D eigenvalue weighted by Gasteiger charge is 2.19. The topological polar surface area (TPSA) is 51.2 Å². The molecule has 4 nitrogen and oxygen atoms in total. The van der Waals surface area contributed by atoms with Crippen molar-refractivity contribution in [3.05, 3.63) is 59.4 Å². The molecule has 1 heterocycles. The molecule has 3 rings (SSSR count). The summed E-state index contributed by atoms with van der Waals surface area (Å²) in [4.78, 5) is 15.6. The fourth-order valence-electron chi connectivity index (χ4n) is 2.84. The SMILES string of the molecule is COC(=O)c1cc(NC2CCCc3ccccc32)ccn1. The van der Waals surface area contributed by atoms with E-state index in [0.717, 1.165) is 18.5 Å². The van der Waals surface area contributed by atoms with Crippen LogP contribution < -0.4 is 5.32 Å². The Hall–Kier alpha value is -2.36. The van der Waals surface area contributed by atoms with E-state index in [2.05, 4.69) is 34.6 Å². The third-order valence-electron chi connectivity index (χ3n) is 3.86. The van der Waals surface area contributed by atoms with E-state index in [1.165, 1.54) is 24.7 Å². The number of benzene rings is 1. The molecule has 1 aliphatic rings. The predicted molar refractivity (Wildman–Crippen MR) is 81.3 cm³/mol. The number of anilines is 1. The molecular weight excluding hydrogens is 264 g/mol. The van der Waals surface area contributed by atoms with Crippen LogP contribution in [0.4, 0.5) is 5.69 Å². The van der Waals surface area contributed by atoms with Crippen molar-refractivity contribution in [1.82, 2.24) is 4.98 Å². The summed E-state index contributed by atoms with van der Waals surface area (Å²) in [5, 5.41) is 3.51. The van der Waals surface area contributed by atoms with Crippen LogP contribution in [0.5, 0.6) is 0 Å². The van der Waals surface area contributed by atoms with Gasteiger partial charge in [-0.15, -0.1) is 0 Å². The minimum Gasteiger partial charge on any atom is -0.464 e. The molecule has 4 heteroatoms. The number of fused-ring (bicyclic) bond motifs is 1. The monoisotopic (exact) mass is 282 g/mol. The number of methoxy groups -OCH3 is 1. The first-order valence-corrected chi connectivity index (χ1v) is 7.16. The van der Waals surface area contributed by atoms with Crippen molar-refractivity contribution >= 4 is 11.7 Å². The molecule has 1 unspecified atom stereocenters. The van der Waals surface area contributed by atoms with Gasteiger partial charge >= 0.3 is 5.97 Å². The molecule has 1 aliphatic carbocycles. The maximum absolute atomic E-state index is 11.5. The Morgan fingerprint density at radius 3 is 3.05 bits per heavy atom. The number of pyridine rings is 1. The minimum absolute atomic E-state index is 0.280. The van der Waals surface area contributed by atoms with Crippen LogP contribution in [0.3, 0.4) is 0 Å². The molecule has 1 aromatic carbocycles. The molecule has 0 fully saturated rings. The Bertz CT molecular complexity index is 655. The summed E-state index contributed by atoms with van der Waals surface area (Å²) >= 11 is 0. The normalized spacial score (nSPS) is 16.9. The van der Waals surface area contributed by atoms with Crippen LogP contribution in [-0.4, -0.2) is 18.1 Å². The minimum atomic E-state index is -0.414. The van der Waals surface area contributed by atoms with Crippen molar-refractivity contribution in [3.63, 3.8) is 0 Å². The first kappa shape index (κ1) is 13.6. The van der Waals surface area contributed by atoms with Crippen molar-refractivity contribution in [3.8, 4) is 0 Å². The lowest BCUT2D eigenvalue weighted by molar-refractivity contribution is 0.0594. The summed E-state index contributed by atoms with van der Waals surface area (Å²) in [6.45, 7) is 0. The highest BCUT2D eigenvalue weighted by atomic mass is 16.5. The smallest absolute Gasteiger partial charge is 0.356 e. The molecular formula is C17H18N2O2. The molecule has 0 bridgehead atoms. The number of hydrogen-bond donors (Lipinski definition) is 1. The maximum Gasteiger partial charge on any atom is 0.356 e. The van der Waals surface area contributed by atoms with E-state index in [1.54, 1.807) is 12.3 Å². The largest absolute Gasteiger partial charge is 0.464 e. The van der Waals surface area contributed by atoms with E-state index in [-0.39, 0.29) is 6.04 Å². The van der Waals surface area contributed by atoms with Crippen LogP contribution in [-0.2, 0) is 11.2 Å². The standard InChI is InChI=1S/C17H18N2O2/c1-21-17(20)16-11-13(9-10-18-16)19-15-8-4-6-12-5-2-3-7-14(12)15/h2-3,5,7,9-11,15H,4,6,8H2,1H3,(H,18,19). The van der Waals surface area contributed by atoms with Gasteiger partial charge < -0.3 is 10.1 Å². The molecule has 0 aliphatic heterocycles. The van der Waals surface area contributed by atoms with E-state index in [4.69, 9.17) is 4.74 Å². The number of carbonyl (C=O) groups is 1. The zero-order valence-electron chi connectivity index (χ0n) is 12.0. The number of nitrogens with zero attached hydrogens (tertiary/aromatic N) is 1. The van der Waals surface area contributed by atoms with E-state index < -0.39 is 5.97 Å². The summed E-state index contributed by atoms with van der Waals surface area (Å²) in [6.07, 6.45) is 5.03. The molecule has 1 N–H and O–H groups in total. The van der Waals surface area contributed by atoms with Gasteiger partial charge in [-0.3, -0.25) is 0 Å². The van der Waals surface area contributed by atoms with Gasteiger partial charge in [0.1, 0.15) is 5.69 Å². The quantitative estimate of drug-likeness (QED) is 0.877. The maximum atomic E-state index is 11.5. The predicted octanol–water partition coefficient (Wildman–Crippen LogP) is 3.36. The summed E-state index contributed by atoms with van der Waals surface area (Å²) in [5.41, 5.74) is 3.97. The van der Waals surface area contributed by atoms with Crippen molar-refractivity contribution in [2.75, 3.05) is 12.4 Å². The molecule has 1 atom stereocenters. The summed E-state index contributed by atoms with van der Waals surface area (Å²) in [7, 11) is 1.36. The average Bonchev–Trinajstić information content (AvgIpc) is 2.55. The van der Waals surface area contributed by atoms with Crippen LogP contribution in [0, 0.1) is 0 Å². The number of aromatic nitrogens is 1. The van der Waals surface area contributed by atoms with Gasteiger partial charge in [-0.2, -0.15) is 0 Å². The van der Waals surface area contributed by atoms with Gasteiger partial charge in [0, 0.05) is 11.9 Å². The van der Waals surface area contributed by atoms with Crippen molar-refractivity contribution in [2.45, 2.75) is 25.3 Å². The third kappa shape index (κ3) is 2.89. The molecule has 0 spiro atoms. The number of rotatable bonds is 3. The second-order valence-electron chi connectivity index (χ2n) is 5.21. The molecule has 2 aromatic rings. The Kier molecular flexibility index (Phi) is 3.86. The second kappa shape index (κ2) is 5.95. The van der Waals surface area contributed by atoms with Crippen molar-refractivity contribution in [2.24, 2.45) is 0 Å². The number of nitrogens with one attached hydrogen (secondary N) is 1. The van der Waals surface area contributed by atoms with Gasteiger partial charge in [0.25, 0.3) is 0 Å². The zero-order chi connectivity index (χ0) is 14.7. The molecule has 0 saturated heterocycles. The molecule has 1 aromatic heterocycles. The fourth-order valence-corrected chi connectivity index (χ4v) is 2.84. The molecule has 0 radical (unpaired) electrons. The highest BCUT2D eigenvalue weighted by Crippen LogP contribution is 2.32. The van der Waals surface area contributed by atoms with Gasteiger partial charge in [-0.05, 0) is 42.5 Å². The van der Waals surface area contributed by atoms with Gasteiger partial charge in [-0.1, -0.05) is 24.3 Å². The number of carbonyl (C=O) groups excluding carboxylic acids is 1. The molecule has 0 saturated carbocycles. The first-order chi connectivity index (χ1) is 10.3. The Balaban J connectivity index is 1.83. The highest BCUT2D eigenvalue weighted by molar-refractivity contribution is 5.88. The van der Waals surface area contributed by atoms with E-state index in [0.29, 0.717) is 5.69 Å². The van der Waals surface area contributed by atoms with Gasteiger partial charge in [0.2, 0.25) is 0 Å². The van der Waals surface area contributed by atoms with Crippen molar-refractivity contribution < 1.29 is 9.53 Å². The van der Waals surface area contributed by atoms with Crippen LogP contribution >= 0.6 is 0 Å². The Morgan fingerprint density at radius 1 is 1.33 bits per heavy atom. The lowest BCUT2D eigenvalue weighted by Crippen LogP contribution is -2.17. The van der Waals surface area contributed by atoms with Crippen LogP contribution in [0.25, 0.3) is 0 Å². The van der Waals surface area contributed by atoms with E-state index in [9.17, 15) is 4.79 Å². The molecule has 0 amide bonds. The third-order valence-corrected chi connectivity index (χ3v) is 3.86. The number of aryl methyl sites for hydroxylation is 1. The summed E-state index contributed by atoms with van der Waals surface area (Å²) < 4.78 is 4.71. The van der Waals surface area contributed by atoms with Crippen molar-refractivity contribution in [1.29, 1.82) is 0 Å². The van der Waals surface area contributed by atoms with Gasteiger partial charge in [0.15, 0.2) is 0 Å². The Labute approximate surface area is 124 Å². The summed E-state index contributed by atoms with van der Waals surface area (Å²) in [6, 6.07) is 12.4. The van der Waals surface area contributed by atoms with Gasteiger partial charge in [-0.25, -0.2) is 9.78 Å². The van der Waals surface area contributed by atoms with Crippen LogP contribution in [0.2, 0.25) is 0 Å². The van der Waals surface area contributed by atoms with E-state index in [1.807, 2.05) is 6.07 Å². The average molecular weight is 282 g/mol. The fraction of sp³-hybridized carbons (Fsp3) is 0.294. The lowest BCUT2D eigenvalue weighted by Gasteiger charge is -2.27.